The molecule has 2 N–H and O–H groups in total. The Kier molecular flexibility index (Phi) is 20.4. The van der Waals surface area contributed by atoms with Gasteiger partial charge in [-0.3, -0.25) is 0 Å². The van der Waals surface area contributed by atoms with E-state index in [1.165, 1.54) is 0 Å². The predicted octanol–water partition coefficient (Wildman–Crippen LogP) is 1.06. The minimum atomic E-state index is 0. The van der Waals surface area contributed by atoms with Crippen molar-refractivity contribution in [3.8, 4) is 0 Å². The molecule has 0 aliphatic carbocycles. The second-order valence-electron chi connectivity index (χ2n) is 1.12. The van der Waals surface area contributed by atoms with Gasteiger partial charge in [-0.25, -0.2) is 0 Å². The lowest BCUT2D eigenvalue weighted by molar-refractivity contribution is 0.200. The molecular weight excluding hydrogens is 121 g/mol. The van der Waals surface area contributed by atoms with Crippen LogP contribution in [0.3, 0.4) is 0 Å². The van der Waals surface area contributed by atoms with Crippen molar-refractivity contribution >= 4 is 9.24 Å². The molecule has 0 aromatic heterocycles. The summed E-state index contributed by atoms with van der Waals surface area (Å²) in [6.45, 7) is 0.616. The second kappa shape index (κ2) is 10.4. The molecule has 0 bridgehead atoms. The van der Waals surface area contributed by atoms with E-state index in [1.807, 2.05) is 0 Å². The van der Waals surface area contributed by atoms with Gasteiger partial charge in [0.05, 0.1) is 6.61 Å². The zero-order valence-corrected chi connectivity index (χ0v) is 5.00. The topological polar surface area (TPSA) is 35.2 Å². The molecule has 0 fully saturated rings. The molecule has 0 aliphatic rings. The van der Waals surface area contributed by atoms with Gasteiger partial charge in [-0.15, -0.1) is 9.24 Å². The Morgan fingerprint density at radius 3 is 2.00 bits per heavy atom. The summed E-state index contributed by atoms with van der Waals surface area (Å²) in [4.78, 5) is 0. The van der Waals surface area contributed by atoms with Crippen molar-refractivity contribution in [2.45, 2.75) is 20.6 Å². The highest BCUT2D eigenvalue weighted by atomic mass is 31.0. The summed E-state index contributed by atoms with van der Waals surface area (Å²) in [5, 5.41) is 0. The first-order valence-corrected chi connectivity index (χ1v) is 2.44. The summed E-state index contributed by atoms with van der Waals surface area (Å²) in [6, 6.07) is 0. The molecule has 0 amide bonds. The minimum Gasteiger partial charge on any atom is -0.383 e. The fraction of sp³-hybridized carbons (Fsp3) is 1.00. The van der Waals surface area contributed by atoms with Crippen LogP contribution >= 0.6 is 9.24 Å². The lowest BCUT2D eigenvalue weighted by atomic mass is 10.7. The first kappa shape index (κ1) is 15.8. The normalized spacial score (nSPS) is 10.9. The Labute approximate surface area is 55.0 Å². The number of hydrogen-bond acceptors (Lipinski definition) is 2. The van der Waals surface area contributed by atoms with Crippen LogP contribution < -0.4 is 5.73 Å². The summed E-state index contributed by atoms with van der Waals surface area (Å²) < 4.78 is 4.66. The van der Waals surface area contributed by atoms with Crippen LogP contribution in [-0.2, 0) is 4.74 Å². The summed E-state index contributed by atoms with van der Waals surface area (Å²) in [6.07, 6.45) is 0. The number of rotatable bonds is 2. The zero-order valence-electron chi connectivity index (χ0n) is 3.85. The second-order valence-corrected chi connectivity index (χ2v) is 1.98. The van der Waals surface area contributed by atoms with E-state index in [0.29, 0.717) is 6.61 Å². The van der Waals surface area contributed by atoms with Crippen LogP contribution in [0.4, 0.5) is 0 Å². The highest BCUT2D eigenvalue weighted by molar-refractivity contribution is 7.17. The molecule has 2 atom stereocenters. The van der Waals surface area contributed by atoms with Crippen LogP contribution in [0.15, 0.2) is 0 Å². The number of nitrogens with two attached hydrogens (primary N) is 1. The summed E-state index contributed by atoms with van der Waals surface area (Å²) in [5.74, 6) is 0.0926. The van der Waals surface area contributed by atoms with E-state index in [9.17, 15) is 0 Å². The van der Waals surface area contributed by atoms with Crippen molar-refractivity contribution in [3.05, 3.63) is 0 Å². The Morgan fingerprint density at radius 2 is 2.00 bits per heavy atom. The van der Waals surface area contributed by atoms with Crippen LogP contribution in [0.25, 0.3) is 0 Å². The van der Waals surface area contributed by atoms with E-state index in [-0.39, 0.29) is 20.6 Å². The fourth-order valence-corrected chi connectivity index (χ4v) is 0.385. The molecule has 0 spiro atoms. The van der Waals surface area contributed by atoms with Gasteiger partial charge in [0.15, 0.2) is 0 Å². The molecule has 0 rings (SSSR count). The quantitative estimate of drug-likeness (QED) is 0.581. The minimum absolute atomic E-state index is 0. The van der Waals surface area contributed by atoms with Crippen LogP contribution in [0.2, 0.25) is 0 Å². The van der Waals surface area contributed by atoms with E-state index < -0.39 is 0 Å². The molecule has 54 valence electrons. The molecule has 0 saturated heterocycles. The molecule has 0 aliphatic heterocycles. The van der Waals surface area contributed by atoms with E-state index in [1.54, 1.807) is 7.11 Å². The maximum atomic E-state index is 5.24. The third-order valence-electron chi connectivity index (χ3n) is 0.359. The first-order valence-electron chi connectivity index (χ1n) is 1.77. The molecular formula is C5H18NOP. The van der Waals surface area contributed by atoms with E-state index in [0.717, 1.165) is 0 Å². The average Bonchev–Trinajstić information content (AvgIpc) is 1.35. The molecule has 0 aromatic carbocycles. The first-order chi connectivity index (χ1) is 2.77. The summed E-state index contributed by atoms with van der Waals surface area (Å²) >= 11 is 0. The number of ether oxygens (including phenoxy) is 1. The van der Waals surface area contributed by atoms with Crippen molar-refractivity contribution in [1.29, 1.82) is 0 Å². The molecule has 3 heteroatoms. The van der Waals surface area contributed by atoms with Gasteiger partial charge in [-0.05, 0) is 0 Å². The lowest BCUT2D eigenvalue weighted by Gasteiger charge is -1.98. The van der Waals surface area contributed by atoms with Crippen LogP contribution in [0.1, 0.15) is 14.9 Å². The van der Waals surface area contributed by atoms with Crippen molar-refractivity contribution in [2.24, 2.45) is 5.73 Å². The third-order valence-corrected chi connectivity index (χ3v) is 0.552. The van der Waals surface area contributed by atoms with E-state index >= 15 is 0 Å². The SMILES string of the molecule is C.C.COCC(N)P. The maximum absolute atomic E-state index is 5.24. The Hall–Kier alpha value is 0.350. The Morgan fingerprint density at radius 1 is 1.62 bits per heavy atom. The lowest BCUT2D eigenvalue weighted by Crippen LogP contribution is -2.16. The number of hydrogen-bond donors (Lipinski definition) is 1. The van der Waals surface area contributed by atoms with Gasteiger partial charge < -0.3 is 10.5 Å². The number of methoxy groups -OCH3 is 1. The van der Waals surface area contributed by atoms with Crippen LogP contribution in [0, 0.1) is 0 Å². The smallest absolute Gasteiger partial charge is 0.0648 e. The highest BCUT2D eigenvalue weighted by Crippen LogP contribution is 1.87. The largest absolute Gasteiger partial charge is 0.383 e. The standard InChI is InChI=1S/C3H10NOP.2CH4/c1-5-2-3(4)6;;/h3H,2,4,6H2,1H3;2*1H4. The highest BCUT2D eigenvalue weighted by Gasteiger charge is 1.85. The Bertz CT molecular complexity index is 33.6. The van der Waals surface area contributed by atoms with Crippen LogP contribution in [0.5, 0.6) is 0 Å². The van der Waals surface area contributed by atoms with Gasteiger partial charge in [0.25, 0.3) is 0 Å². The zero-order chi connectivity index (χ0) is 4.99. The predicted molar refractivity (Wildman–Crippen MR) is 43.0 cm³/mol. The molecule has 8 heavy (non-hydrogen) atoms. The van der Waals surface area contributed by atoms with Gasteiger partial charge in [0.1, 0.15) is 0 Å². The van der Waals surface area contributed by atoms with Crippen LogP contribution in [-0.4, -0.2) is 19.5 Å². The third kappa shape index (κ3) is 16.2. The Balaban J connectivity index is -0.000000125. The van der Waals surface area contributed by atoms with E-state index in [2.05, 4.69) is 14.0 Å². The monoisotopic (exact) mass is 139 g/mol. The average molecular weight is 139 g/mol. The molecule has 2 nitrogen and oxygen atoms in total. The van der Waals surface area contributed by atoms with Gasteiger partial charge in [0.2, 0.25) is 0 Å². The van der Waals surface area contributed by atoms with Gasteiger partial charge in [0, 0.05) is 12.9 Å². The van der Waals surface area contributed by atoms with Gasteiger partial charge >= 0.3 is 0 Å². The van der Waals surface area contributed by atoms with E-state index in [4.69, 9.17) is 5.73 Å². The molecule has 0 aromatic rings. The fourth-order valence-electron chi connectivity index (χ4n) is 0.192. The molecule has 2 unspecified atom stereocenters. The van der Waals surface area contributed by atoms with Gasteiger partial charge in [-0.2, -0.15) is 0 Å². The van der Waals surface area contributed by atoms with Crippen molar-refractivity contribution in [3.63, 3.8) is 0 Å². The molecule has 0 radical (unpaired) electrons. The van der Waals surface area contributed by atoms with Crippen molar-refractivity contribution in [1.82, 2.24) is 0 Å². The molecule has 0 heterocycles. The van der Waals surface area contributed by atoms with Crippen molar-refractivity contribution in [2.75, 3.05) is 13.7 Å². The summed E-state index contributed by atoms with van der Waals surface area (Å²) in [5.41, 5.74) is 5.24. The summed E-state index contributed by atoms with van der Waals surface area (Å²) in [7, 11) is 4.06. The van der Waals surface area contributed by atoms with Crippen molar-refractivity contribution < 1.29 is 4.74 Å². The van der Waals surface area contributed by atoms with Gasteiger partial charge in [-0.1, -0.05) is 14.9 Å². The maximum Gasteiger partial charge on any atom is 0.0648 e. The molecule has 0 saturated carbocycles.